The molecular weight excluding hydrogens is 406 g/mol. The molecule has 0 radical (unpaired) electrons. The number of nitrogens with zero attached hydrogens (tertiary/aromatic N) is 3. The van der Waals surface area contributed by atoms with E-state index in [4.69, 9.17) is 20.8 Å². The van der Waals surface area contributed by atoms with Gasteiger partial charge in [0.2, 0.25) is 5.91 Å². The average molecular weight is 424 g/mol. The molecule has 142 valence electrons. The maximum atomic E-state index is 12.3. The Morgan fingerprint density at radius 1 is 1.30 bits per heavy atom. The highest BCUT2D eigenvalue weighted by Gasteiger charge is 2.16. The Balaban J connectivity index is 1.58. The van der Waals surface area contributed by atoms with Crippen LogP contribution in [0.5, 0.6) is 5.75 Å². The molecule has 2 heterocycles. The average Bonchev–Trinajstić information content (AvgIpc) is 3.29. The van der Waals surface area contributed by atoms with Crippen molar-refractivity contribution < 1.29 is 13.9 Å². The molecule has 0 spiro atoms. The van der Waals surface area contributed by atoms with Crippen LogP contribution in [-0.4, -0.2) is 40.4 Å². The van der Waals surface area contributed by atoms with Gasteiger partial charge in [-0.05, 0) is 31.2 Å². The summed E-state index contributed by atoms with van der Waals surface area (Å²) in [5, 5.41) is 8.43. The maximum Gasteiger partial charge on any atom is 0.277 e. The summed E-state index contributed by atoms with van der Waals surface area (Å²) >= 11 is 8.60. The summed E-state index contributed by atoms with van der Waals surface area (Å²) in [6, 6.07) is 11.2. The van der Waals surface area contributed by atoms with E-state index in [2.05, 4.69) is 10.2 Å². The van der Waals surface area contributed by atoms with E-state index in [1.54, 1.807) is 11.9 Å². The molecule has 0 aliphatic carbocycles. The predicted octanol–water partition coefficient (Wildman–Crippen LogP) is 4.60. The van der Waals surface area contributed by atoms with Gasteiger partial charge in [-0.25, -0.2) is 0 Å². The molecular formula is C18H18ClN3O3S2. The zero-order chi connectivity index (χ0) is 19.2. The third kappa shape index (κ3) is 5.24. The molecule has 1 amide bonds. The summed E-state index contributed by atoms with van der Waals surface area (Å²) in [7, 11) is 1.76. The number of thiophene rings is 1. The highest BCUT2D eigenvalue weighted by Crippen LogP contribution is 2.30. The standard InChI is InChI=1S/C18H18ClN3O3S2/c1-3-24-14-7-5-4-6-13(14)17-20-21-18(25-17)26-11-16(23)22(2)10-12-8-9-15(19)27-12/h4-9H,3,10-11H2,1-2H3. The molecule has 0 aliphatic heterocycles. The van der Waals surface area contributed by atoms with Gasteiger partial charge < -0.3 is 14.1 Å². The molecule has 0 unspecified atom stereocenters. The van der Waals surface area contributed by atoms with Gasteiger partial charge >= 0.3 is 0 Å². The highest BCUT2D eigenvalue weighted by molar-refractivity contribution is 7.99. The largest absolute Gasteiger partial charge is 0.493 e. The third-order valence-electron chi connectivity index (χ3n) is 3.59. The van der Waals surface area contributed by atoms with Crippen molar-refractivity contribution in [3.05, 3.63) is 45.6 Å². The van der Waals surface area contributed by atoms with Crippen molar-refractivity contribution in [2.24, 2.45) is 0 Å². The first-order chi connectivity index (χ1) is 13.1. The molecule has 0 saturated carbocycles. The van der Waals surface area contributed by atoms with Gasteiger partial charge in [-0.3, -0.25) is 4.79 Å². The molecule has 3 rings (SSSR count). The van der Waals surface area contributed by atoms with Crippen LogP contribution < -0.4 is 4.74 Å². The van der Waals surface area contributed by atoms with E-state index < -0.39 is 0 Å². The van der Waals surface area contributed by atoms with Crippen molar-refractivity contribution >= 4 is 40.6 Å². The van der Waals surface area contributed by atoms with Crippen LogP contribution in [0.4, 0.5) is 0 Å². The molecule has 0 saturated heterocycles. The lowest BCUT2D eigenvalue weighted by molar-refractivity contribution is -0.127. The van der Waals surface area contributed by atoms with Gasteiger partial charge in [-0.2, -0.15) is 0 Å². The summed E-state index contributed by atoms with van der Waals surface area (Å²) < 4.78 is 12.0. The van der Waals surface area contributed by atoms with Crippen LogP contribution in [0.3, 0.4) is 0 Å². The SMILES string of the molecule is CCOc1ccccc1-c1nnc(SCC(=O)N(C)Cc2ccc(Cl)s2)o1. The number of carbonyl (C=O) groups is 1. The lowest BCUT2D eigenvalue weighted by Gasteiger charge is -2.15. The predicted molar refractivity (Wildman–Crippen MR) is 107 cm³/mol. The lowest BCUT2D eigenvalue weighted by Crippen LogP contribution is -2.27. The van der Waals surface area contributed by atoms with Crippen LogP contribution in [0.1, 0.15) is 11.8 Å². The van der Waals surface area contributed by atoms with Gasteiger partial charge in [0.1, 0.15) is 5.75 Å². The quantitative estimate of drug-likeness (QED) is 0.493. The van der Waals surface area contributed by atoms with Gasteiger partial charge in [-0.1, -0.05) is 35.5 Å². The second kappa shape index (κ2) is 9.25. The summed E-state index contributed by atoms with van der Waals surface area (Å²) in [4.78, 5) is 15.0. The minimum Gasteiger partial charge on any atom is -0.493 e. The number of hydrogen-bond acceptors (Lipinski definition) is 7. The fourth-order valence-corrected chi connectivity index (χ4v) is 4.14. The van der Waals surface area contributed by atoms with E-state index in [1.165, 1.54) is 23.1 Å². The monoisotopic (exact) mass is 423 g/mol. The van der Waals surface area contributed by atoms with E-state index in [9.17, 15) is 4.79 Å². The Morgan fingerprint density at radius 3 is 2.85 bits per heavy atom. The van der Waals surface area contributed by atoms with Gasteiger partial charge in [0, 0.05) is 11.9 Å². The van der Waals surface area contributed by atoms with E-state index in [1.807, 2.05) is 43.3 Å². The number of benzene rings is 1. The molecule has 9 heteroatoms. The van der Waals surface area contributed by atoms with E-state index in [0.29, 0.717) is 34.4 Å². The van der Waals surface area contributed by atoms with E-state index >= 15 is 0 Å². The minimum atomic E-state index is -0.0287. The molecule has 2 aromatic heterocycles. The fourth-order valence-electron chi connectivity index (χ4n) is 2.29. The second-order valence-corrected chi connectivity index (χ2v) is 8.27. The van der Waals surface area contributed by atoms with Crippen LogP contribution in [0.2, 0.25) is 4.34 Å². The van der Waals surface area contributed by atoms with Crippen LogP contribution in [0.25, 0.3) is 11.5 Å². The summed E-state index contributed by atoms with van der Waals surface area (Å²) in [5.74, 6) is 1.24. The van der Waals surface area contributed by atoms with E-state index in [-0.39, 0.29) is 11.7 Å². The lowest BCUT2D eigenvalue weighted by atomic mass is 10.2. The smallest absolute Gasteiger partial charge is 0.277 e. The Kier molecular flexibility index (Phi) is 6.76. The first-order valence-corrected chi connectivity index (χ1v) is 10.4. The Morgan fingerprint density at radius 2 is 2.11 bits per heavy atom. The topological polar surface area (TPSA) is 68.5 Å². The molecule has 3 aromatic rings. The van der Waals surface area contributed by atoms with Gasteiger partial charge in [-0.15, -0.1) is 21.5 Å². The van der Waals surface area contributed by atoms with Crippen molar-refractivity contribution in [3.8, 4) is 17.2 Å². The van der Waals surface area contributed by atoms with Crippen LogP contribution in [0.15, 0.2) is 46.0 Å². The molecule has 0 N–H and O–H groups in total. The second-order valence-electron chi connectivity index (χ2n) is 5.55. The number of halogens is 1. The molecule has 0 bridgehead atoms. The Hall–Kier alpha value is -2.03. The number of para-hydroxylation sites is 1. The van der Waals surface area contributed by atoms with Crippen molar-refractivity contribution in [2.45, 2.75) is 18.7 Å². The van der Waals surface area contributed by atoms with Crippen molar-refractivity contribution in [2.75, 3.05) is 19.4 Å². The van der Waals surface area contributed by atoms with Gasteiger partial charge in [0.05, 0.1) is 28.8 Å². The normalized spacial score (nSPS) is 10.8. The first-order valence-electron chi connectivity index (χ1n) is 8.23. The first kappa shape index (κ1) is 19.7. The van der Waals surface area contributed by atoms with Crippen LogP contribution in [0, 0.1) is 0 Å². The molecule has 0 atom stereocenters. The number of thioether (sulfide) groups is 1. The Bertz CT molecular complexity index is 913. The summed E-state index contributed by atoms with van der Waals surface area (Å²) in [5.41, 5.74) is 0.733. The number of ether oxygens (including phenoxy) is 1. The zero-order valence-electron chi connectivity index (χ0n) is 14.8. The third-order valence-corrected chi connectivity index (χ3v) is 5.61. The van der Waals surface area contributed by atoms with Crippen LogP contribution in [-0.2, 0) is 11.3 Å². The fraction of sp³-hybridized carbons (Fsp3) is 0.278. The number of aromatic nitrogens is 2. The molecule has 1 aromatic carbocycles. The number of hydrogen-bond donors (Lipinski definition) is 0. The number of carbonyl (C=O) groups excluding carboxylic acids is 1. The summed E-state index contributed by atoms with van der Waals surface area (Å²) in [6.45, 7) is 2.98. The van der Waals surface area contributed by atoms with Crippen molar-refractivity contribution in [3.63, 3.8) is 0 Å². The minimum absolute atomic E-state index is 0.0287. The Labute approximate surface area is 170 Å². The maximum absolute atomic E-state index is 12.3. The highest BCUT2D eigenvalue weighted by atomic mass is 35.5. The summed E-state index contributed by atoms with van der Waals surface area (Å²) in [6.07, 6.45) is 0. The zero-order valence-corrected chi connectivity index (χ0v) is 17.2. The van der Waals surface area contributed by atoms with Crippen molar-refractivity contribution in [1.82, 2.24) is 15.1 Å². The number of rotatable bonds is 8. The molecule has 0 fully saturated rings. The number of amides is 1. The molecule has 27 heavy (non-hydrogen) atoms. The van der Waals surface area contributed by atoms with Crippen LogP contribution >= 0.6 is 34.7 Å². The van der Waals surface area contributed by atoms with E-state index in [0.717, 1.165) is 10.4 Å². The van der Waals surface area contributed by atoms with Gasteiger partial charge in [0.25, 0.3) is 11.1 Å². The molecule has 6 nitrogen and oxygen atoms in total. The van der Waals surface area contributed by atoms with Crippen molar-refractivity contribution in [1.29, 1.82) is 0 Å². The molecule has 0 aliphatic rings. The van der Waals surface area contributed by atoms with Gasteiger partial charge in [0.15, 0.2) is 0 Å².